The summed E-state index contributed by atoms with van der Waals surface area (Å²) in [6.07, 6.45) is 0.679. The fourth-order valence-corrected chi connectivity index (χ4v) is 5.00. The van der Waals surface area contributed by atoms with Gasteiger partial charge in [-0.05, 0) is 61.8 Å². The summed E-state index contributed by atoms with van der Waals surface area (Å²) in [6.45, 7) is 4.71. The minimum Gasteiger partial charge on any atom is -0.508 e. The molecule has 0 aliphatic heterocycles. The molecule has 0 unspecified atom stereocenters. The second-order valence-corrected chi connectivity index (χ2v) is 12.8. The van der Waals surface area contributed by atoms with Crippen LogP contribution in [0.5, 0.6) is 5.75 Å². The maximum absolute atomic E-state index is 13.6. The fourth-order valence-electron chi connectivity index (χ4n) is 5.00. The van der Waals surface area contributed by atoms with Gasteiger partial charge in [0.25, 0.3) is 0 Å². The molecule has 0 fully saturated rings. The first-order chi connectivity index (χ1) is 24.5. The number of nitrogens with zero attached hydrogens (tertiary/aromatic N) is 1. The Kier molecular flexibility index (Phi) is 17.5. The van der Waals surface area contributed by atoms with E-state index in [1.165, 1.54) is 19.1 Å². The lowest BCUT2D eigenvalue weighted by Gasteiger charge is -2.26. The number of carboxylic acid groups (broad SMARTS) is 1. The molecule has 0 aromatic heterocycles. The summed E-state index contributed by atoms with van der Waals surface area (Å²) in [5.74, 6) is -4.83. The molecule has 0 radical (unpaired) electrons. The average Bonchev–Trinajstić information content (AvgIpc) is 3.08. The van der Waals surface area contributed by atoms with Gasteiger partial charge in [0.2, 0.25) is 29.5 Å². The molecule has 17 nitrogen and oxygen atoms in total. The number of carbonyl (C=O) groups excluding carboxylic acids is 5. The Hall–Kier alpha value is -5.71. The molecule has 0 saturated carbocycles. The highest BCUT2D eigenvalue weighted by molar-refractivity contribution is 5.95. The van der Waals surface area contributed by atoms with Crippen molar-refractivity contribution in [3.63, 3.8) is 0 Å². The lowest BCUT2D eigenvalue weighted by atomic mass is 10.0. The van der Waals surface area contributed by atoms with Gasteiger partial charge >= 0.3 is 5.97 Å². The molecule has 0 bridgehead atoms. The Labute approximate surface area is 302 Å². The van der Waals surface area contributed by atoms with E-state index in [0.717, 1.165) is 0 Å². The third kappa shape index (κ3) is 15.9. The van der Waals surface area contributed by atoms with Gasteiger partial charge in [-0.3, -0.25) is 29.0 Å². The minimum atomic E-state index is -1.27. The van der Waals surface area contributed by atoms with Gasteiger partial charge in [0, 0.05) is 13.0 Å². The number of rotatable bonds is 21. The van der Waals surface area contributed by atoms with Gasteiger partial charge in [0.05, 0.1) is 12.6 Å². The molecule has 5 amide bonds. The van der Waals surface area contributed by atoms with Crippen molar-refractivity contribution in [3.05, 3.63) is 65.7 Å². The SMILES string of the molecule is CC(C)C[C@H](NC(=O)[C@H](Cc1ccccc1)NC(=O)CNC(=O)[C@H](C)NC(=O)[C@H](N)Cc1ccc(O)cc1)C(=O)N[C@@H](CCCN=C(N)N)C(=O)O. The number of amides is 5. The summed E-state index contributed by atoms with van der Waals surface area (Å²) in [5, 5.41) is 31.8. The highest BCUT2D eigenvalue weighted by Crippen LogP contribution is 2.12. The predicted octanol–water partition coefficient (Wildman–Crippen LogP) is -1.24. The van der Waals surface area contributed by atoms with Gasteiger partial charge in [-0.25, -0.2) is 4.79 Å². The normalized spacial score (nSPS) is 13.7. The van der Waals surface area contributed by atoms with Crippen molar-refractivity contribution in [1.82, 2.24) is 26.6 Å². The quantitative estimate of drug-likeness (QED) is 0.0413. The number of carbonyl (C=O) groups is 6. The van der Waals surface area contributed by atoms with E-state index in [2.05, 4.69) is 31.6 Å². The molecule has 0 heterocycles. The Morgan fingerprint density at radius 3 is 1.92 bits per heavy atom. The summed E-state index contributed by atoms with van der Waals surface area (Å²) < 4.78 is 0. The maximum Gasteiger partial charge on any atom is 0.326 e. The number of carboxylic acids is 1. The van der Waals surface area contributed by atoms with Crippen molar-refractivity contribution in [3.8, 4) is 5.75 Å². The molecule has 2 rings (SSSR count). The first kappa shape index (κ1) is 42.5. The van der Waals surface area contributed by atoms with Crippen molar-refractivity contribution in [2.75, 3.05) is 13.1 Å². The van der Waals surface area contributed by atoms with Crippen LogP contribution >= 0.6 is 0 Å². The Balaban J connectivity index is 2.06. The first-order valence-electron chi connectivity index (χ1n) is 16.9. The monoisotopic (exact) mass is 725 g/mol. The van der Waals surface area contributed by atoms with Crippen LogP contribution in [0, 0.1) is 5.92 Å². The molecule has 5 atom stereocenters. The predicted molar refractivity (Wildman–Crippen MR) is 193 cm³/mol. The van der Waals surface area contributed by atoms with E-state index in [1.54, 1.807) is 42.5 Å². The van der Waals surface area contributed by atoms with Crippen LogP contribution in [0.1, 0.15) is 51.2 Å². The summed E-state index contributed by atoms with van der Waals surface area (Å²) in [7, 11) is 0. The zero-order valence-corrected chi connectivity index (χ0v) is 29.6. The molecule has 0 spiro atoms. The lowest BCUT2D eigenvalue weighted by Crippen LogP contribution is -2.57. The van der Waals surface area contributed by atoms with Gasteiger partial charge in [0.15, 0.2) is 5.96 Å². The van der Waals surface area contributed by atoms with Gasteiger partial charge in [-0.2, -0.15) is 0 Å². The third-order valence-electron chi connectivity index (χ3n) is 7.74. The van der Waals surface area contributed by atoms with Crippen LogP contribution in [0.4, 0.5) is 0 Å². The maximum atomic E-state index is 13.6. The molecule has 0 aliphatic carbocycles. The number of phenolic OH excluding ortho intramolecular Hbond substituents is 1. The van der Waals surface area contributed by atoms with Crippen LogP contribution in [0.3, 0.4) is 0 Å². The van der Waals surface area contributed by atoms with E-state index < -0.39 is 72.3 Å². The van der Waals surface area contributed by atoms with Gasteiger partial charge in [-0.1, -0.05) is 56.3 Å². The van der Waals surface area contributed by atoms with Crippen molar-refractivity contribution < 1.29 is 39.0 Å². The van der Waals surface area contributed by atoms with Gasteiger partial charge < -0.3 is 54.0 Å². The highest BCUT2D eigenvalue weighted by Gasteiger charge is 2.30. The fraction of sp³-hybridized carbons (Fsp3) is 0.457. The van der Waals surface area contributed by atoms with E-state index in [9.17, 15) is 39.0 Å². The molecule has 13 N–H and O–H groups in total. The molecular formula is C35H51N9O8. The second-order valence-electron chi connectivity index (χ2n) is 12.8. The Morgan fingerprint density at radius 2 is 1.33 bits per heavy atom. The van der Waals surface area contributed by atoms with E-state index in [0.29, 0.717) is 11.1 Å². The van der Waals surface area contributed by atoms with E-state index in [4.69, 9.17) is 17.2 Å². The topological polar surface area (TPSA) is 293 Å². The van der Waals surface area contributed by atoms with Crippen molar-refractivity contribution >= 4 is 41.5 Å². The number of phenols is 1. The van der Waals surface area contributed by atoms with Gasteiger partial charge in [-0.15, -0.1) is 0 Å². The standard InChI is InChI=1S/C35H51N9O8/c1-20(2)16-27(32(49)43-26(34(51)52)10-7-15-39-35(37)38)44-33(50)28(18-22-8-5-4-6-9-22)42-29(46)19-40-30(47)21(3)41-31(48)25(36)17-23-11-13-24(45)14-12-23/h4-6,8-9,11-14,20-21,25-28,45H,7,10,15-19,36H2,1-3H3,(H,40,47)(H,41,48)(H,42,46)(H,43,49)(H,44,50)(H,51,52)(H4,37,38,39)/t21-,25+,26-,27-,28-/m0/s1. The minimum absolute atomic E-state index is 0.0352. The largest absolute Gasteiger partial charge is 0.508 e. The van der Waals surface area contributed by atoms with Crippen LogP contribution in [-0.4, -0.2) is 95.0 Å². The van der Waals surface area contributed by atoms with Crippen molar-refractivity contribution in [2.24, 2.45) is 28.1 Å². The lowest BCUT2D eigenvalue weighted by molar-refractivity contribution is -0.142. The number of aliphatic imine (C=N–C) groups is 1. The molecule has 2 aromatic rings. The van der Waals surface area contributed by atoms with Crippen LogP contribution in [0.25, 0.3) is 0 Å². The van der Waals surface area contributed by atoms with Gasteiger partial charge in [0.1, 0.15) is 29.9 Å². The smallest absolute Gasteiger partial charge is 0.326 e. The van der Waals surface area contributed by atoms with E-state index >= 15 is 0 Å². The number of nitrogens with one attached hydrogen (secondary N) is 5. The summed E-state index contributed by atoms with van der Waals surface area (Å²) >= 11 is 0. The van der Waals surface area contributed by atoms with E-state index in [-0.39, 0.29) is 56.3 Å². The van der Waals surface area contributed by atoms with Crippen LogP contribution in [-0.2, 0) is 41.6 Å². The number of benzene rings is 2. The number of aliphatic carboxylic acids is 1. The van der Waals surface area contributed by atoms with Crippen LogP contribution < -0.4 is 43.8 Å². The number of guanidine groups is 1. The third-order valence-corrected chi connectivity index (χ3v) is 7.74. The summed E-state index contributed by atoms with van der Waals surface area (Å²) in [4.78, 5) is 80.9. The van der Waals surface area contributed by atoms with Crippen molar-refractivity contribution in [2.45, 2.75) is 83.1 Å². The number of nitrogens with two attached hydrogens (primary N) is 3. The Morgan fingerprint density at radius 1 is 0.731 bits per heavy atom. The number of aromatic hydroxyl groups is 1. The summed E-state index contributed by atoms with van der Waals surface area (Å²) in [5.41, 5.74) is 18.0. The number of hydrogen-bond donors (Lipinski definition) is 10. The zero-order valence-electron chi connectivity index (χ0n) is 29.6. The zero-order chi connectivity index (χ0) is 38.8. The molecule has 2 aromatic carbocycles. The second kappa shape index (κ2) is 21.5. The highest BCUT2D eigenvalue weighted by atomic mass is 16.4. The van der Waals surface area contributed by atoms with Crippen LogP contribution in [0.15, 0.2) is 59.6 Å². The molecule has 0 aliphatic rings. The molecule has 0 saturated heterocycles. The molecule has 52 heavy (non-hydrogen) atoms. The number of hydrogen-bond acceptors (Lipinski definition) is 9. The van der Waals surface area contributed by atoms with E-state index in [1.807, 2.05) is 13.8 Å². The Bertz CT molecular complexity index is 1530. The summed E-state index contributed by atoms with van der Waals surface area (Å²) in [6, 6.07) is 9.37. The molecule has 284 valence electrons. The molecular weight excluding hydrogens is 674 g/mol. The van der Waals surface area contributed by atoms with Crippen molar-refractivity contribution in [1.29, 1.82) is 0 Å². The van der Waals surface area contributed by atoms with Crippen LogP contribution in [0.2, 0.25) is 0 Å². The molecule has 17 heteroatoms. The first-order valence-corrected chi connectivity index (χ1v) is 16.9. The average molecular weight is 726 g/mol.